The topological polar surface area (TPSA) is 67.2 Å². The highest BCUT2D eigenvalue weighted by atomic mass is 16.1. The lowest BCUT2D eigenvalue weighted by molar-refractivity contribution is 0.0956. The van der Waals surface area contributed by atoms with Gasteiger partial charge in [0.15, 0.2) is 0 Å². The summed E-state index contributed by atoms with van der Waals surface area (Å²) >= 11 is 0. The van der Waals surface area contributed by atoms with Crippen molar-refractivity contribution in [2.45, 2.75) is 20.8 Å². The van der Waals surface area contributed by atoms with Crippen LogP contribution >= 0.6 is 0 Å². The first-order valence-corrected chi connectivity index (χ1v) is 6.90. The van der Waals surface area contributed by atoms with E-state index in [0.29, 0.717) is 30.5 Å². The zero-order valence-corrected chi connectivity index (χ0v) is 12.1. The molecule has 1 amide bonds. The van der Waals surface area contributed by atoms with Gasteiger partial charge in [0, 0.05) is 24.3 Å². The van der Waals surface area contributed by atoms with Crippen LogP contribution in [-0.2, 0) is 0 Å². The maximum absolute atomic E-state index is 11.6. The van der Waals surface area contributed by atoms with Crippen LogP contribution in [0.1, 0.15) is 31.1 Å². The summed E-state index contributed by atoms with van der Waals surface area (Å²) in [7, 11) is 0. The zero-order chi connectivity index (χ0) is 14.3. The van der Waals surface area contributed by atoms with Gasteiger partial charge in [-0.2, -0.15) is 0 Å². The Bertz CT molecular complexity index is 387. The number of carbonyl (C=O) groups is 1. The fourth-order valence-corrected chi connectivity index (χ4v) is 1.84. The molecule has 1 atom stereocenters. The van der Waals surface area contributed by atoms with Gasteiger partial charge in [-0.25, -0.2) is 0 Å². The van der Waals surface area contributed by atoms with E-state index in [1.54, 1.807) is 0 Å². The molecule has 0 heterocycles. The second-order valence-corrected chi connectivity index (χ2v) is 5.06. The van der Waals surface area contributed by atoms with E-state index in [4.69, 9.17) is 5.73 Å². The Morgan fingerprint density at radius 2 is 1.89 bits per heavy atom. The Labute approximate surface area is 115 Å². The molecule has 1 unspecified atom stereocenters. The molecular formula is C15H25N3O. The van der Waals surface area contributed by atoms with Crippen molar-refractivity contribution < 1.29 is 4.79 Å². The summed E-state index contributed by atoms with van der Waals surface area (Å²) in [6, 6.07) is 7.53. The number of benzene rings is 1. The minimum atomic E-state index is -0.0314. The van der Waals surface area contributed by atoms with Gasteiger partial charge in [0.1, 0.15) is 0 Å². The van der Waals surface area contributed by atoms with Crippen molar-refractivity contribution in [3.63, 3.8) is 0 Å². The number of carbonyl (C=O) groups excluding carboxylic acids is 1. The minimum Gasteiger partial charge on any atom is -0.385 e. The lowest BCUT2D eigenvalue weighted by Crippen LogP contribution is -2.27. The predicted octanol–water partition coefficient (Wildman–Crippen LogP) is 2.08. The third-order valence-corrected chi connectivity index (χ3v) is 3.30. The van der Waals surface area contributed by atoms with Crippen LogP contribution in [0.2, 0.25) is 0 Å². The molecule has 0 fully saturated rings. The minimum absolute atomic E-state index is 0.0314. The molecule has 0 saturated heterocycles. The quantitative estimate of drug-likeness (QED) is 0.705. The molecular weight excluding hydrogens is 238 g/mol. The second-order valence-electron chi connectivity index (χ2n) is 5.06. The summed E-state index contributed by atoms with van der Waals surface area (Å²) in [5, 5.41) is 6.14. The Morgan fingerprint density at radius 1 is 1.26 bits per heavy atom. The third-order valence-electron chi connectivity index (χ3n) is 3.30. The Kier molecular flexibility index (Phi) is 6.36. The van der Waals surface area contributed by atoms with Gasteiger partial charge < -0.3 is 16.4 Å². The van der Waals surface area contributed by atoms with Crippen molar-refractivity contribution in [2.24, 2.45) is 17.6 Å². The molecule has 0 aliphatic rings. The predicted molar refractivity (Wildman–Crippen MR) is 80.3 cm³/mol. The van der Waals surface area contributed by atoms with Gasteiger partial charge in [0.25, 0.3) is 5.91 Å². The number of hydrogen-bond donors (Lipinski definition) is 3. The maximum Gasteiger partial charge on any atom is 0.251 e. The Hall–Kier alpha value is -1.55. The van der Waals surface area contributed by atoms with E-state index in [1.807, 2.05) is 31.2 Å². The fourth-order valence-electron chi connectivity index (χ4n) is 1.84. The van der Waals surface area contributed by atoms with Gasteiger partial charge in [0.2, 0.25) is 0 Å². The molecule has 106 valence electrons. The number of amides is 1. The summed E-state index contributed by atoms with van der Waals surface area (Å²) in [4.78, 5) is 11.6. The van der Waals surface area contributed by atoms with Crippen LogP contribution in [-0.4, -0.2) is 25.5 Å². The van der Waals surface area contributed by atoms with Crippen molar-refractivity contribution in [3.8, 4) is 0 Å². The summed E-state index contributed by atoms with van der Waals surface area (Å²) in [5.74, 6) is 0.992. The smallest absolute Gasteiger partial charge is 0.251 e. The molecule has 1 aromatic rings. The molecule has 19 heavy (non-hydrogen) atoms. The number of rotatable bonds is 7. The van der Waals surface area contributed by atoms with Crippen LogP contribution < -0.4 is 16.4 Å². The molecule has 4 heteroatoms. The number of nitrogens with two attached hydrogens (primary N) is 1. The standard InChI is InChI=1S/C15H25N3O/c1-4-17-15(19)12-5-7-14(8-6-12)18-10-13(9-16)11(2)3/h5-8,11,13,18H,4,9-10,16H2,1-3H3,(H,17,19). The number of hydrogen-bond acceptors (Lipinski definition) is 3. The van der Waals surface area contributed by atoms with Crippen LogP contribution in [0, 0.1) is 11.8 Å². The van der Waals surface area contributed by atoms with Crippen LogP contribution in [0.15, 0.2) is 24.3 Å². The fraction of sp³-hybridized carbons (Fsp3) is 0.533. The highest BCUT2D eigenvalue weighted by molar-refractivity contribution is 5.94. The van der Waals surface area contributed by atoms with E-state index in [-0.39, 0.29) is 5.91 Å². The van der Waals surface area contributed by atoms with E-state index in [9.17, 15) is 4.79 Å². The van der Waals surface area contributed by atoms with Crippen molar-refractivity contribution >= 4 is 11.6 Å². The monoisotopic (exact) mass is 263 g/mol. The van der Waals surface area contributed by atoms with E-state index >= 15 is 0 Å². The molecule has 0 spiro atoms. The van der Waals surface area contributed by atoms with Crippen molar-refractivity contribution in [1.29, 1.82) is 0 Å². The highest BCUT2D eigenvalue weighted by Gasteiger charge is 2.11. The molecule has 0 aromatic heterocycles. The van der Waals surface area contributed by atoms with Crippen LogP contribution in [0.25, 0.3) is 0 Å². The normalized spacial score (nSPS) is 12.3. The largest absolute Gasteiger partial charge is 0.385 e. The van der Waals surface area contributed by atoms with Gasteiger partial charge >= 0.3 is 0 Å². The molecule has 0 aliphatic heterocycles. The average Bonchev–Trinajstić information content (AvgIpc) is 2.40. The first-order chi connectivity index (χ1) is 9.08. The van der Waals surface area contributed by atoms with Crippen LogP contribution in [0.3, 0.4) is 0 Å². The molecule has 1 aromatic carbocycles. The first-order valence-electron chi connectivity index (χ1n) is 6.90. The Balaban J connectivity index is 2.55. The van der Waals surface area contributed by atoms with Crippen molar-refractivity contribution in [2.75, 3.05) is 25.0 Å². The SMILES string of the molecule is CCNC(=O)c1ccc(NCC(CN)C(C)C)cc1. The van der Waals surface area contributed by atoms with Gasteiger partial charge in [-0.3, -0.25) is 4.79 Å². The lowest BCUT2D eigenvalue weighted by Gasteiger charge is -2.20. The molecule has 0 saturated carbocycles. The van der Waals surface area contributed by atoms with Gasteiger partial charge in [-0.15, -0.1) is 0 Å². The third kappa shape index (κ3) is 4.91. The highest BCUT2D eigenvalue weighted by Crippen LogP contribution is 2.13. The molecule has 0 bridgehead atoms. The molecule has 4 N–H and O–H groups in total. The van der Waals surface area contributed by atoms with Crippen LogP contribution in [0.5, 0.6) is 0 Å². The molecule has 1 rings (SSSR count). The van der Waals surface area contributed by atoms with Crippen LogP contribution in [0.4, 0.5) is 5.69 Å². The van der Waals surface area contributed by atoms with Crippen molar-refractivity contribution in [3.05, 3.63) is 29.8 Å². The van der Waals surface area contributed by atoms with E-state index in [1.165, 1.54) is 0 Å². The summed E-state index contributed by atoms with van der Waals surface area (Å²) in [6.45, 7) is 8.45. The zero-order valence-electron chi connectivity index (χ0n) is 12.1. The number of anilines is 1. The Morgan fingerprint density at radius 3 is 2.37 bits per heavy atom. The summed E-state index contributed by atoms with van der Waals surface area (Å²) < 4.78 is 0. The molecule has 0 aliphatic carbocycles. The first kappa shape index (κ1) is 15.5. The maximum atomic E-state index is 11.6. The van der Waals surface area contributed by atoms with E-state index < -0.39 is 0 Å². The second kappa shape index (κ2) is 7.79. The molecule has 4 nitrogen and oxygen atoms in total. The van der Waals surface area contributed by atoms with Gasteiger partial charge in [0.05, 0.1) is 0 Å². The number of nitrogens with one attached hydrogen (secondary N) is 2. The van der Waals surface area contributed by atoms with E-state index in [0.717, 1.165) is 12.2 Å². The van der Waals surface area contributed by atoms with Crippen molar-refractivity contribution in [1.82, 2.24) is 5.32 Å². The molecule has 0 radical (unpaired) electrons. The summed E-state index contributed by atoms with van der Waals surface area (Å²) in [5.41, 5.74) is 7.45. The average molecular weight is 263 g/mol. The van der Waals surface area contributed by atoms with E-state index in [2.05, 4.69) is 24.5 Å². The van der Waals surface area contributed by atoms with Gasteiger partial charge in [-0.05, 0) is 49.6 Å². The van der Waals surface area contributed by atoms with Gasteiger partial charge in [-0.1, -0.05) is 13.8 Å². The summed E-state index contributed by atoms with van der Waals surface area (Å²) in [6.07, 6.45) is 0. The lowest BCUT2D eigenvalue weighted by atomic mass is 9.96.